The molecule has 0 bridgehead atoms. The van der Waals surface area contributed by atoms with Crippen molar-refractivity contribution in [2.75, 3.05) is 10.7 Å². The highest BCUT2D eigenvalue weighted by molar-refractivity contribution is 9.09. The molecule has 1 N–H and O–H groups in total. The van der Waals surface area contributed by atoms with E-state index in [1.54, 1.807) is 0 Å². The zero-order valence-corrected chi connectivity index (χ0v) is 14.0. The van der Waals surface area contributed by atoms with E-state index in [1.165, 1.54) is 42.8 Å². The molecule has 1 saturated heterocycles. The van der Waals surface area contributed by atoms with E-state index in [-0.39, 0.29) is 11.8 Å². The molecule has 106 valence electrons. The minimum atomic E-state index is -0.127. The Hall–Kier alpha value is 0.100. The van der Waals surface area contributed by atoms with E-state index in [1.807, 2.05) is 0 Å². The van der Waals surface area contributed by atoms with E-state index in [2.05, 4.69) is 37.2 Å². The summed E-state index contributed by atoms with van der Waals surface area (Å²) in [6.45, 7) is 0. The van der Waals surface area contributed by atoms with Crippen molar-refractivity contribution in [3.63, 3.8) is 0 Å². The molecule has 0 aromatic carbocycles. The summed E-state index contributed by atoms with van der Waals surface area (Å²) in [7, 11) is 0. The number of rotatable bonds is 6. The van der Waals surface area contributed by atoms with Gasteiger partial charge in [-0.05, 0) is 25.7 Å². The molecule has 3 nitrogen and oxygen atoms in total. The second-order valence-electron chi connectivity index (χ2n) is 4.32. The Bertz CT molecular complexity index is 213. The number of halogens is 2. The number of hydrogen-bond acceptors (Lipinski definition) is 2. The van der Waals surface area contributed by atoms with Crippen molar-refractivity contribution in [1.29, 1.82) is 0 Å². The Balaban J connectivity index is 0.000000321. The van der Waals surface area contributed by atoms with Gasteiger partial charge in [-0.1, -0.05) is 51.1 Å². The molecule has 1 aliphatic rings. The fourth-order valence-corrected chi connectivity index (χ4v) is 2.36. The summed E-state index contributed by atoms with van der Waals surface area (Å²) in [6.07, 6.45) is 9.55. The van der Waals surface area contributed by atoms with Crippen molar-refractivity contribution >= 4 is 43.7 Å². The van der Waals surface area contributed by atoms with Gasteiger partial charge in [-0.25, -0.2) is 0 Å². The first-order chi connectivity index (χ1) is 8.70. The van der Waals surface area contributed by atoms with E-state index in [0.717, 1.165) is 12.8 Å². The number of hydrogen-bond donors (Lipinski definition) is 1. The molecule has 2 amide bonds. The van der Waals surface area contributed by atoms with Crippen molar-refractivity contribution in [3.8, 4) is 0 Å². The molecule has 0 spiro atoms. The van der Waals surface area contributed by atoms with Gasteiger partial charge in [0.25, 0.3) is 0 Å². The summed E-state index contributed by atoms with van der Waals surface area (Å²) in [4.78, 5) is 21.1. The minimum Gasteiger partial charge on any atom is -0.296 e. The fourth-order valence-electron chi connectivity index (χ4n) is 1.57. The van der Waals surface area contributed by atoms with Crippen LogP contribution in [0.1, 0.15) is 57.8 Å². The van der Waals surface area contributed by atoms with Gasteiger partial charge >= 0.3 is 0 Å². The largest absolute Gasteiger partial charge is 0.296 e. The molecule has 18 heavy (non-hydrogen) atoms. The highest BCUT2D eigenvalue weighted by atomic mass is 79.9. The summed E-state index contributed by atoms with van der Waals surface area (Å²) < 4.78 is 0. The van der Waals surface area contributed by atoms with Crippen LogP contribution in [0.5, 0.6) is 0 Å². The molecule has 0 atom stereocenters. The van der Waals surface area contributed by atoms with E-state index in [4.69, 9.17) is 0 Å². The lowest BCUT2D eigenvalue weighted by Crippen LogP contribution is -2.27. The Morgan fingerprint density at radius 3 is 1.56 bits per heavy atom. The van der Waals surface area contributed by atoms with Crippen molar-refractivity contribution in [3.05, 3.63) is 0 Å². The number of unbranched alkanes of at least 4 members (excludes halogenated alkanes) is 4. The van der Waals surface area contributed by atoms with Crippen LogP contribution in [-0.2, 0) is 9.59 Å². The highest BCUT2D eigenvalue weighted by Crippen LogP contribution is 2.05. The lowest BCUT2D eigenvalue weighted by atomic mass is 10.2. The van der Waals surface area contributed by atoms with Gasteiger partial charge in [0, 0.05) is 23.5 Å². The lowest BCUT2D eigenvalue weighted by Gasteiger charge is -1.95. The summed E-state index contributed by atoms with van der Waals surface area (Å²) in [5, 5.41) is 4.60. The molecule has 0 radical (unpaired) electrons. The van der Waals surface area contributed by atoms with E-state index < -0.39 is 0 Å². The van der Waals surface area contributed by atoms with Crippen molar-refractivity contribution in [2.45, 2.75) is 57.8 Å². The Morgan fingerprint density at radius 1 is 0.778 bits per heavy atom. The van der Waals surface area contributed by atoms with Crippen LogP contribution in [0.3, 0.4) is 0 Å². The molecule has 0 aromatic heterocycles. The molecule has 0 unspecified atom stereocenters. The molecule has 0 aliphatic carbocycles. The number of amides is 2. The highest BCUT2D eigenvalue weighted by Gasteiger charge is 2.11. The molecule has 0 aromatic rings. The SMILES string of the molecule is BrCCCCCCCBr.O=C1CCCCC(=O)N1. The number of alkyl halides is 2. The maximum atomic E-state index is 10.6. The third-order valence-corrected chi connectivity index (χ3v) is 3.73. The smallest absolute Gasteiger partial charge is 0.226 e. The second kappa shape index (κ2) is 13.5. The van der Waals surface area contributed by atoms with Gasteiger partial charge in [0.1, 0.15) is 0 Å². The number of imide groups is 1. The van der Waals surface area contributed by atoms with Gasteiger partial charge in [0.15, 0.2) is 0 Å². The predicted octanol–water partition coefficient (Wildman–Crippen LogP) is 3.93. The van der Waals surface area contributed by atoms with Crippen LogP contribution >= 0.6 is 31.9 Å². The first-order valence-electron chi connectivity index (χ1n) is 6.65. The normalized spacial score (nSPS) is 15.4. The Kier molecular flexibility index (Phi) is 13.6. The predicted molar refractivity (Wildman–Crippen MR) is 82.3 cm³/mol. The molecular formula is C13H23Br2NO2. The third-order valence-electron chi connectivity index (χ3n) is 2.60. The van der Waals surface area contributed by atoms with Crippen molar-refractivity contribution in [2.24, 2.45) is 0 Å². The molecule has 1 rings (SSSR count). The van der Waals surface area contributed by atoms with E-state index in [9.17, 15) is 9.59 Å². The fraction of sp³-hybridized carbons (Fsp3) is 0.846. The van der Waals surface area contributed by atoms with E-state index >= 15 is 0 Å². The second-order valence-corrected chi connectivity index (χ2v) is 5.91. The zero-order chi connectivity index (χ0) is 13.6. The number of carbonyl (C=O) groups is 2. The summed E-state index contributed by atoms with van der Waals surface area (Å²) >= 11 is 6.82. The maximum absolute atomic E-state index is 10.6. The molecule has 1 aliphatic heterocycles. The van der Waals surface area contributed by atoms with Crippen LogP contribution in [0.15, 0.2) is 0 Å². The standard InChI is InChI=1S/C7H14Br2.C6H9NO2/c8-6-4-2-1-3-5-7-9;8-5-3-1-2-4-6(9)7-5/h1-7H2;1-4H2,(H,7,8,9). The minimum absolute atomic E-state index is 0.127. The molecule has 1 fully saturated rings. The molecule has 5 heteroatoms. The molecule has 0 saturated carbocycles. The first kappa shape index (κ1) is 18.1. The first-order valence-corrected chi connectivity index (χ1v) is 8.89. The average Bonchev–Trinajstić information content (AvgIpc) is 2.53. The van der Waals surface area contributed by atoms with Crippen LogP contribution in [0.4, 0.5) is 0 Å². The zero-order valence-electron chi connectivity index (χ0n) is 10.9. The lowest BCUT2D eigenvalue weighted by molar-refractivity contribution is -0.129. The molecule has 1 heterocycles. The van der Waals surface area contributed by atoms with Gasteiger partial charge in [-0.15, -0.1) is 0 Å². The van der Waals surface area contributed by atoms with Crippen LogP contribution in [0, 0.1) is 0 Å². The summed E-state index contributed by atoms with van der Waals surface area (Å²) in [6, 6.07) is 0. The third kappa shape index (κ3) is 12.6. The van der Waals surface area contributed by atoms with Crippen LogP contribution < -0.4 is 5.32 Å². The van der Waals surface area contributed by atoms with E-state index in [0.29, 0.717) is 12.8 Å². The van der Waals surface area contributed by atoms with Gasteiger partial charge in [0.05, 0.1) is 0 Å². The topological polar surface area (TPSA) is 46.2 Å². The average molecular weight is 385 g/mol. The summed E-state index contributed by atoms with van der Waals surface area (Å²) in [5.41, 5.74) is 0. The molecular weight excluding hydrogens is 362 g/mol. The van der Waals surface area contributed by atoms with Crippen LogP contribution in [0.25, 0.3) is 0 Å². The number of nitrogens with one attached hydrogen (secondary N) is 1. The quantitative estimate of drug-likeness (QED) is 0.428. The van der Waals surface area contributed by atoms with Gasteiger partial charge in [-0.2, -0.15) is 0 Å². The van der Waals surface area contributed by atoms with Crippen LogP contribution in [-0.4, -0.2) is 22.5 Å². The van der Waals surface area contributed by atoms with Gasteiger partial charge in [0.2, 0.25) is 11.8 Å². The van der Waals surface area contributed by atoms with Gasteiger partial charge < -0.3 is 0 Å². The Morgan fingerprint density at radius 2 is 1.17 bits per heavy atom. The maximum Gasteiger partial charge on any atom is 0.226 e. The van der Waals surface area contributed by atoms with Crippen molar-refractivity contribution in [1.82, 2.24) is 5.32 Å². The number of carbonyl (C=O) groups excluding carboxylic acids is 2. The summed E-state index contributed by atoms with van der Waals surface area (Å²) in [5.74, 6) is -0.255. The van der Waals surface area contributed by atoms with Crippen molar-refractivity contribution < 1.29 is 9.59 Å². The van der Waals surface area contributed by atoms with Crippen LogP contribution in [0.2, 0.25) is 0 Å². The van der Waals surface area contributed by atoms with Gasteiger partial charge in [-0.3, -0.25) is 14.9 Å². The monoisotopic (exact) mass is 383 g/mol. The Labute approximate surface area is 127 Å².